The summed E-state index contributed by atoms with van der Waals surface area (Å²) in [4.78, 5) is 0. The van der Waals surface area contributed by atoms with Crippen molar-refractivity contribution in [3.05, 3.63) is 21.7 Å². The van der Waals surface area contributed by atoms with Crippen LogP contribution in [0, 0.1) is 5.92 Å². The molecule has 90 valence electrons. The largest absolute Gasteiger partial charge is 0.493 e. The van der Waals surface area contributed by atoms with Gasteiger partial charge in [0.1, 0.15) is 0 Å². The molecule has 0 radical (unpaired) electrons. The highest BCUT2D eigenvalue weighted by molar-refractivity contribution is 6.66. The summed E-state index contributed by atoms with van der Waals surface area (Å²) in [5.74, 6) is 0.733. The van der Waals surface area contributed by atoms with Crippen molar-refractivity contribution in [2.75, 3.05) is 11.9 Å². The van der Waals surface area contributed by atoms with E-state index in [0.29, 0.717) is 27.8 Å². The number of hydrogen-bond acceptors (Lipinski definition) is 3. The summed E-state index contributed by atoms with van der Waals surface area (Å²) >= 11 is 12.5. The Labute approximate surface area is 110 Å². The van der Waals surface area contributed by atoms with Gasteiger partial charge in [-0.3, -0.25) is 0 Å². The second kappa shape index (κ2) is 4.36. The van der Waals surface area contributed by atoms with E-state index in [-0.39, 0.29) is 0 Å². The lowest BCUT2D eigenvalue weighted by molar-refractivity contribution is 0.275. The molecule has 0 amide bonds. The fraction of sp³-hybridized carbons (Fsp3) is 0.455. The maximum absolute atomic E-state index is 9.69. The molecule has 2 aliphatic rings. The number of nitrogens with one attached hydrogen (secondary N) is 1. The minimum absolute atomic E-state index is 0.360. The minimum Gasteiger partial charge on any atom is -0.423 e. The Hall–Kier alpha value is -0.415. The first-order valence-corrected chi connectivity index (χ1v) is 6.46. The summed E-state index contributed by atoms with van der Waals surface area (Å²) in [6, 6.07) is 1.81. The molecule has 0 bridgehead atoms. The van der Waals surface area contributed by atoms with Crippen LogP contribution in [0.2, 0.25) is 10.0 Å². The van der Waals surface area contributed by atoms with Crippen molar-refractivity contribution < 1.29 is 9.68 Å². The third-order valence-electron chi connectivity index (χ3n) is 3.25. The number of hydrogen-bond donors (Lipinski definition) is 2. The van der Waals surface area contributed by atoms with Gasteiger partial charge in [-0.05, 0) is 30.4 Å². The van der Waals surface area contributed by atoms with Gasteiger partial charge < -0.3 is 15.0 Å². The summed E-state index contributed by atoms with van der Waals surface area (Å²) < 4.78 is 5.14. The van der Waals surface area contributed by atoms with Crippen LogP contribution in [0.4, 0.5) is 5.69 Å². The van der Waals surface area contributed by atoms with Crippen molar-refractivity contribution in [1.82, 2.24) is 0 Å². The van der Waals surface area contributed by atoms with Crippen molar-refractivity contribution in [2.24, 2.45) is 5.92 Å². The quantitative estimate of drug-likeness (QED) is 0.827. The Morgan fingerprint density at radius 2 is 2.24 bits per heavy atom. The molecule has 1 saturated carbocycles. The van der Waals surface area contributed by atoms with Gasteiger partial charge in [-0.25, -0.2) is 0 Å². The predicted molar refractivity (Wildman–Crippen MR) is 70.1 cm³/mol. The van der Waals surface area contributed by atoms with Crippen LogP contribution in [0.15, 0.2) is 6.07 Å². The van der Waals surface area contributed by atoms with E-state index in [2.05, 4.69) is 5.32 Å². The lowest BCUT2D eigenvalue weighted by Crippen LogP contribution is -2.30. The summed E-state index contributed by atoms with van der Waals surface area (Å²) in [6.45, 7) is 1.24. The molecule has 17 heavy (non-hydrogen) atoms. The van der Waals surface area contributed by atoms with E-state index < -0.39 is 7.12 Å². The smallest absolute Gasteiger partial charge is 0.423 e. The molecule has 2 N–H and O–H groups in total. The fourth-order valence-electron chi connectivity index (χ4n) is 2.05. The van der Waals surface area contributed by atoms with Gasteiger partial charge in [-0.15, -0.1) is 0 Å². The first kappa shape index (κ1) is 11.7. The molecular formula is C11H12BCl2NO2. The first-order valence-electron chi connectivity index (χ1n) is 5.71. The normalized spacial score (nSPS) is 18.4. The topological polar surface area (TPSA) is 41.5 Å². The van der Waals surface area contributed by atoms with Crippen LogP contribution in [0.5, 0.6) is 0 Å². The fourth-order valence-corrected chi connectivity index (χ4v) is 2.78. The van der Waals surface area contributed by atoms with Gasteiger partial charge in [0, 0.05) is 12.0 Å². The Balaban J connectivity index is 1.93. The Bertz CT molecular complexity index is 465. The zero-order valence-corrected chi connectivity index (χ0v) is 10.7. The molecule has 1 aromatic rings. The highest BCUT2D eigenvalue weighted by atomic mass is 35.5. The van der Waals surface area contributed by atoms with Gasteiger partial charge in [-0.1, -0.05) is 23.2 Å². The lowest BCUT2D eigenvalue weighted by Gasteiger charge is -2.13. The SMILES string of the molecule is OB1OCc2cc(Cl)c(NCC3CC3)c(Cl)c21. The average Bonchev–Trinajstić information content (AvgIpc) is 3.03. The predicted octanol–water partition coefficient (Wildman–Crippen LogP) is 2.03. The monoisotopic (exact) mass is 271 g/mol. The van der Waals surface area contributed by atoms with E-state index in [1.54, 1.807) is 0 Å². The van der Waals surface area contributed by atoms with Crippen LogP contribution in [0.3, 0.4) is 0 Å². The van der Waals surface area contributed by atoms with Crippen molar-refractivity contribution >= 4 is 41.5 Å². The molecule has 0 atom stereocenters. The highest BCUT2D eigenvalue weighted by Gasteiger charge is 2.32. The molecular weight excluding hydrogens is 260 g/mol. The van der Waals surface area contributed by atoms with Crippen molar-refractivity contribution in [1.29, 1.82) is 0 Å². The molecule has 1 aliphatic heterocycles. The van der Waals surface area contributed by atoms with E-state index >= 15 is 0 Å². The average molecular weight is 272 g/mol. The molecule has 0 aromatic heterocycles. The second-order valence-corrected chi connectivity index (χ2v) is 5.39. The first-order chi connectivity index (χ1) is 8.16. The number of rotatable bonds is 3. The van der Waals surface area contributed by atoms with Crippen LogP contribution in [-0.2, 0) is 11.3 Å². The maximum Gasteiger partial charge on any atom is 0.493 e. The number of halogens is 2. The van der Waals surface area contributed by atoms with Crippen LogP contribution in [0.1, 0.15) is 18.4 Å². The molecule has 1 aliphatic carbocycles. The summed E-state index contributed by atoms with van der Waals surface area (Å²) in [6.07, 6.45) is 2.53. The Morgan fingerprint density at radius 1 is 1.47 bits per heavy atom. The van der Waals surface area contributed by atoms with E-state index in [4.69, 9.17) is 27.9 Å². The summed E-state index contributed by atoms with van der Waals surface area (Å²) in [5.41, 5.74) is 2.22. The zero-order chi connectivity index (χ0) is 12.0. The van der Waals surface area contributed by atoms with Gasteiger partial charge in [0.25, 0.3) is 0 Å². The number of fused-ring (bicyclic) bond motifs is 1. The van der Waals surface area contributed by atoms with Crippen LogP contribution < -0.4 is 10.8 Å². The molecule has 0 spiro atoms. The third kappa shape index (κ3) is 2.15. The summed E-state index contributed by atoms with van der Waals surface area (Å²) in [7, 11) is -0.934. The highest BCUT2D eigenvalue weighted by Crippen LogP contribution is 2.35. The van der Waals surface area contributed by atoms with Crippen molar-refractivity contribution in [3.8, 4) is 0 Å². The molecule has 0 saturated heterocycles. The van der Waals surface area contributed by atoms with Crippen molar-refractivity contribution in [2.45, 2.75) is 19.4 Å². The van der Waals surface area contributed by atoms with Gasteiger partial charge in [0.15, 0.2) is 0 Å². The van der Waals surface area contributed by atoms with Crippen molar-refractivity contribution in [3.63, 3.8) is 0 Å². The lowest BCUT2D eigenvalue weighted by atomic mass is 9.79. The number of benzene rings is 1. The second-order valence-electron chi connectivity index (χ2n) is 4.61. The molecule has 3 rings (SSSR count). The van der Waals surface area contributed by atoms with Gasteiger partial charge in [-0.2, -0.15) is 0 Å². The molecule has 6 heteroatoms. The van der Waals surface area contributed by atoms with Crippen LogP contribution in [0.25, 0.3) is 0 Å². The van der Waals surface area contributed by atoms with E-state index in [0.717, 1.165) is 18.0 Å². The summed E-state index contributed by atoms with van der Waals surface area (Å²) in [5, 5.41) is 14.0. The standard InChI is InChI=1S/C11H12BCl2NO2/c13-8-3-7-5-17-12(16)9(7)10(14)11(8)15-4-6-1-2-6/h3,6,15-16H,1-2,4-5H2. The Morgan fingerprint density at radius 3 is 2.94 bits per heavy atom. The van der Waals surface area contributed by atoms with Gasteiger partial charge in [0.2, 0.25) is 0 Å². The minimum atomic E-state index is -0.934. The molecule has 0 unspecified atom stereocenters. The third-order valence-corrected chi connectivity index (χ3v) is 3.94. The van der Waals surface area contributed by atoms with Gasteiger partial charge in [0.05, 0.1) is 22.3 Å². The van der Waals surface area contributed by atoms with E-state index in [1.807, 2.05) is 6.07 Å². The zero-order valence-electron chi connectivity index (χ0n) is 9.17. The maximum atomic E-state index is 9.69. The molecule has 1 heterocycles. The van der Waals surface area contributed by atoms with E-state index in [9.17, 15) is 5.02 Å². The van der Waals surface area contributed by atoms with Gasteiger partial charge >= 0.3 is 7.12 Å². The molecule has 1 aromatic carbocycles. The van der Waals surface area contributed by atoms with Crippen LogP contribution in [-0.4, -0.2) is 18.7 Å². The molecule has 1 fully saturated rings. The number of anilines is 1. The molecule has 3 nitrogen and oxygen atoms in total. The van der Waals surface area contributed by atoms with E-state index in [1.165, 1.54) is 12.8 Å². The van der Waals surface area contributed by atoms with Crippen LogP contribution >= 0.6 is 23.2 Å². The Kier molecular flexibility index (Phi) is 2.99.